The minimum absolute atomic E-state index is 0.109. The molecule has 1 fully saturated rings. The Morgan fingerprint density at radius 1 is 1.43 bits per heavy atom. The Morgan fingerprint density at radius 3 is 2.90 bits per heavy atom. The Kier molecular flexibility index (Phi) is 9.63. The van der Waals surface area contributed by atoms with Crippen LogP contribution in [0, 0.1) is 11.7 Å². The second kappa shape index (κ2) is 12.2. The predicted molar refractivity (Wildman–Crippen MR) is 117 cm³/mol. The molecule has 1 saturated heterocycles. The monoisotopic (exact) mass is 422 g/mol. The molecule has 2 heterocycles. The van der Waals surface area contributed by atoms with Gasteiger partial charge in [-0.1, -0.05) is 13.8 Å². The summed E-state index contributed by atoms with van der Waals surface area (Å²) >= 11 is 0. The Hall–Kier alpha value is -2.58. The number of nitrogens with zero attached hydrogens (tertiary/aromatic N) is 3. The van der Waals surface area contributed by atoms with E-state index in [1.807, 2.05) is 11.8 Å². The molecular formula is C21H35FN6O2. The van der Waals surface area contributed by atoms with Crippen molar-refractivity contribution in [1.29, 1.82) is 0 Å². The number of halogens is 1. The van der Waals surface area contributed by atoms with E-state index >= 15 is 0 Å². The van der Waals surface area contributed by atoms with Crippen LogP contribution in [-0.4, -0.2) is 61.9 Å². The van der Waals surface area contributed by atoms with Crippen molar-refractivity contribution in [2.75, 3.05) is 37.7 Å². The maximum atomic E-state index is 14.0. The summed E-state index contributed by atoms with van der Waals surface area (Å²) in [5, 5.41) is 9.57. The number of amides is 1. The number of ether oxygens (including phenoxy) is 1. The standard InChI is InChI=1S/C21H35FN6O2/c1-5-23-20(25-13-17(12-15(3)4)27-21(29)30-6-2)26-16-9-11-28(14-16)19-18(22)8-7-10-24-19/h7-8,10,15-17H,5-6,9,11-14H2,1-4H3,(H,27,29)(H2,23,25,26). The van der Waals surface area contributed by atoms with E-state index in [0.29, 0.717) is 37.4 Å². The molecule has 1 aromatic rings. The molecule has 1 amide bonds. The first-order valence-electron chi connectivity index (χ1n) is 10.8. The Morgan fingerprint density at radius 2 is 2.23 bits per heavy atom. The van der Waals surface area contributed by atoms with E-state index in [9.17, 15) is 9.18 Å². The van der Waals surface area contributed by atoms with Crippen LogP contribution in [0.3, 0.4) is 0 Å². The quantitative estimate of drug-likeness (QED) is 0.418. The SMILES string of the molecule is CCNC(=NCC(CC(C)C)NC(=O)OCC)NC1CCN(c2ncccc2F)C1. The van der Waals surface area contributed by atoms with Gasteiger partial charge in [0.1, 0.15) is 0 Å². The van der Waals surface area contributed by atoms with E-state index in [4.69, 9.17) is 4.74 Å². The average Bonchev–Trinajstić information content (AvgIpc) is 3.14. The highest BCUT2D eigenvalue weighted by Gasteiger charge is 2.26. The van der Waals surface area contributed by atoms with E-state index in [0.717, 1.165) is 25.9 Å². The maximum absolute atomic E-state index is 14.0. The lowest BCUT2D eigenvalue weighted by molar-refractivity contribution is 0.147. The number of nitrogens with one attached hydrogen (secondary N) is 3. The van der Waals surface area contributed by atoms with Gasteiger partial charge in [0.05, 0.1) is 19.2 Å². The van der Waals surface area contributed by atoms with Crippen molar-refractivity contribution in [2.24, 2.45) is 10.9 Å². The van der Waals surface area contributed by atoms with Crippen molar-refractivity contribution in [3.05, 3.63) is 24.1 Å². The third-order valence-electron chi connectivity index (χ3n) is 4.74. The smallest absolute Gasteiger partial charge is 0.407 e. The van der Waals surface area contributed by atoms with Crippen molar-refractivity contribution < 1.29 is 13.9 Å². The summed E-state index contributed by atoms with van der Waals surface area (Å²) in [4.78, 5) is 22.6. The second-order valence-electron chi connectivity index (χ2n) is 7.80. The molecule has 0 saturated carbocycles. The molecule has 1 aliphatic heterocycles. The van der Waals surface area contributed by atoms with Gasteiger partial charge in [-0.15, -0.1) is 0 Å². The highest BCUT2D eigenvalue weighted by Crippen LogP contribution is 2.20. The van der Waals surface area contributed by atoms with Gasteiger partial charge < -0.3 is 25.6 Å². The van der Waals surface area contributed by atoms with Crippen LogP contribution in [0.1, 0.15) is 40.5 Å². The fourth-order valence-corrected chi connectivity index (χ4v) is 3.48. The zero-order valence-corrected chi connectivity index (χ0v) is 18.4. The van der Waals surface area contributed by atoms with Gasteiger partial charge in [-0.05, 0) is 44.7 Å². The number of carbonyl (C=O) groups excluding carboxylic acids is 1. The molecule has 0 bridgehead atoms. The van der Waals surface area contributed by atoms with Crippen LogP contribution < -0.4 is 20.9 Å². The molecule has 1 aliphatic rings. The molecular weight excluding hydrogens is 387 g/mol. The number of aromatic nitrogens is 1. The summed E-state index contributed by atoms with van der Waals surface area (Å²) in [7, 11) is 0. The molecule has 2 atom stereocenters. The number of hydrogen-bond donors (Lipinski definition) is 3. The maximum Gasteiger partial charge on any atom is 0.407 e. The van der Waals surface area contributed by atoms with Crippen molar-refractivity contribution in [2.45, 2.75) is 52.6 Å². The number of aliphatic imine (C=N–C) groups is 1. The van der Waals surface area contributed by atoms with Crippen LogP contribution in [0.5, 0.6) is 0 Å². The molecule has 9 heteroatoms. The second-order valence-corrected chi connectivity index (χ2v) is 7.80. The van der Waals surface area contributed by atoms with E-state index in [-0.39, 0.29) is 17.9 Å². The van der Waals surface area contributed by atoms with E-state index < -0.39 is 6.09 Å². The highest BCUT2D eigenvalue weighted by atomic mass is 19.1. The molecule has 1 aromatic heterocycles. The van der Waals surface area contributed by atoms with Crippen LogP contribution >= 0.6 is 0 Å². The first kappa shape index (κ1) is 23.7. The van der Waals surface area contributed by atoms with Gasteiger partial charge in [0.25, 0.3) is 0 Å². The average molecular weight is 423 g/mol. The summed E-state index contributed by atoms with van der Waals surface area (Å²) in [6.45, 7) is 10.9. The van der Waals surface area contributed by atoms with Gasteiger partial charge in [0, 0.05) is 31.9 Å². The van der Waals surface area contributed by atoms with Crippen LogP contribution in [0.25, 0.3) is 0 Å². The number of pyridine rings is 1. The van der Waals surface area contributed by atoms with E-state index in [1.165, 1.54) is 6.07 Å². The molecule has 168 valence electrons. The topological polar surface area (TPSA) is 90.9 Å². The van der Waals surface area contributed by atoms with Crippen molar-refractivity contribution in [3.8, 4) is 0 Å². The fraction of sp³-hybridized carbons (Fsp3) is 0.667. The molecule has 0 aliphatic carbocycles. The van der Waals surface area contributed by atoms with Crippen LogP contribution in [0.15, 0.2) is 23.3 Å². The normalized spacial score (nSPS) is 17.7. The summed E-state index contributed by atoms with van der Waals surface area (Å²) < 4.78 is 19.0. The summed E-state index contributed by atoms with van der Waals surface area (Å²) in [5.74, 6) is 1.18. The van der Waals surface area contributed by atoms with Gasteiger partial charge in [0.2, 0.25) is 0 Å². The lowest BCUT2D eigenvalue weighted by Crippen LogP contribution is -2.46. The number of alkyl carbamates (subject to hydrolysis) is 1. The molecule has 0 radical (unpaired) electrons. The number of carbonyl (C=O) groups is 1. The van der Waals surface area contributed by atoms with E-state index in [2.05, 4.69) is 39.8 Å². The van der Waals surface area contributed by atoms with Crippen molar-refractivity contribution in [3.63, 3.8) is 0 Å². The highest BCUT2D eigenvalue weighted by molar-refractivity contribution is 5.80. The third-order valence-corrected chi connectivity index (χ3v) is 4.74. The Bertz CT molecular complexity index is 700. The van der Waals surface area contributed by atoms with Gasteiger partial charge >= 0.3 is 6.09 Å². The van der Waals surface area contributed by atoms with Crippen molar-refractivity contribution >= 4 is 17.9 Å². The molecule has 30 heavy (non-hydrogen) atoms. The minimum atomic E-state index is -0.417. The molecule has 2 unspecified atom stereocenters. The van der Waals surface area contributed by atoms with E-state index in [1.54, 1.807) is 19.2 Å². The van der Waals surface area contributed by atoms with Crippen LogP contribution in [-0.2, 0) is 4.74 Å². The molecule has 0 spiro atoms. The molecule has 8 nitrogen and oxygen atoms in total. The fourth-order valence-electron chi connectivity index (χ4n) is 3.48. The third kappa shape index (κ3) is 7.68. The zero-order chi connectivity index (χ0) is 21.9. The van der Waals surface area contributed by atoms with Gasteiger partial charge in [-0.3, -0.25) is 4.99 Å². The first-order chi connectivity index (χ1) is 14.4. The van der Waals surface area contributed by atoms with Gasteiger partial charge in [-0.2, -0.15) is 0 Å². The lowest BCUT2D eigenvalue weighted by Gasteiger charge is -2.21. The molecule has 3 N–H and O–H groups in total. The molecule has 2 rings (SSSR count). The first-order valence-corrected chi connectivity index (χ1v) is 10.8. The minimum Gasteiger partial charge on any atom is -0.450 e. The number of anilines is 1. The zero-order valence-electron chi connectivity index (χ0n) is 18.4. The Labute approximate surface area is 178 Å². The summed E-state index contributed by atoms with van der Waals surface area (Å²) in [6, 6.07) is 3.05. The predicted octanol–water partition coefficient (Wildman–Crippen LogP) is 2.52. The lowest BCUT2D eigenvalue weighted by atomic mass is 10.0. The van der Waals surface area contributed by atoms with Crippen LogP contribution in [0.4, 0.5) is 15.0 Å². The number of rotatable bonds is 9. The number of hydrogen-bond acceptors (Lipinski definition) is 5. The Balaban J connectivity index is 1.97. The van der Waals surface area contributed by atoms with Crippen LogP contribution in [0.2, 0.25) is 0 Å². The number of guanidine groups is 1. The van der Waals surface area contributed by atoms with Crippen molar-refractivity contribution in [1.82, 2.24) is 20.9 Å². The van der Waals surface area contributed by atoms with Gasteiger partial charge in [-0.25, -0.2) is 14.2 Å². The molecule has 0 aromatic carbocycles. The largest absolute Gasteiger partial charge is 0.450 e. The summed E-state index contributed by atoms with van der Waals surface area (Å²) in [5.41, 5.74) is 0. The summed E-state index contributed by atoms with van der Waals surface area (Å²) in [6.07, 6.45) is 2.85. The van der Waals surface area contributed by atoms with Gasteiger partial charge in [0.15, 0.2) is 17.6 Å².